The maximum absolute atomic E-state index is 13.7. The molecule has 5 rings (SSSR count). The molecule has 1 amide bonds. The van der Waals surface area contributed by atoms with Crippen molar-refractivity contribution in [3.63, 3.8) is 0 Å². The Balaban J connectivity index is 1.71. The first-order valence-electron chi connectivity index (χ1n) is 11.6. The van der Waals surface area contributed by atoms with Crippen molar-refractivity contribution >= 4 is 11.7 Å². The van der Waals surface area contributed by atoms with Gasteiger partial charge in [-0.15, -0.1) is 0 Å². The van der Waals surface area contributed by atoms with E-state index in [1.807, 2.05) is 37.8 Å². The third-order valence-electron chi connectivity index (χ3n) is 6.43. The maximum atomic E-state index is 13.7. The summed E-state index contributed by atoms with van der Waals surface area (Å²) in [6, 6.07) is 18.7. The lowest BCUT2D eigenvalue weighted by atomic mass is 9.84. The van der Waals surface area contributed by atoms with Crippen molar-refractivity contribution in [1.29, 1.82) is 0 Å². The molecule has 3 heterocycles. The van der Waals surface area contributed by atoms with Gasteiger partial charge in [0.1, 0.15) is 5.82 Å². The highest BCUT2D eigenvalue weighted by atomic mass is 16.2. The predicted octanol–water partition coefficient (Wildman–Crippen LogP) is 5.27. The van der Waals surface area contributed by atoms with Gasteiger partial charge in [0.25, 0.3) is 5.95 Å². The fourth-order valence-electron chi connectivity index (χ4n) is 4.88. The van der Waals surface area contributed by atoms with E-state index in [9.17, 15) is 4.79 Å². The van der Waals surface area contributed by atoms with Crippen molar-refractivity contribution in [2.24, 2.45) is 0 Å². The van der Waals surface area contributed by atoms with Gasteiger partial charge in [-0.1, -0.05) is 59.7 Å². The van der Waals surface area contributed by atoms with Crippen LogP contribution in [0.5, 0.6) is 0 Å². The van der Waals surface area contributed by atoms with E-state index >= 15 is 0 Å². The van der Waals surface area contributed by atoms with E-state index in [2.05, 4.69) is 66.3 Å². The number of hydrogen-bond acceptors (Lipinski definition) is 4. The van der Waals surface area contributed by atoms with Gasteiger partial charge in [-0.25, -0.2) is 9.97 Å². The second kappa shape index (κ2) is 8.52. The number of carbonyl (C=O) groups excluding carboxylic acids is 1. The van der Waals surface area contributed by atoms with Crippen LogP contribution in [0.15, 0.2) is 54.6 Å². The molecule has 0 bridgehead atoms. The molecule has 0 unspecified atom stereocenters. The summed E-state index contributed by atoms with van der Waals surface area (Å²) in [5.41, 5.74) is 8.27. The molecule has 0 spiro atoms. The summed E-state index contributed by atoms with van der Waals surface area (Å²) in [5, 5.41) is 4.88. The van der Waals surface area contributed by atoms with Crippen LogP contribution in [0.2, 0.25) is 0 Å². The fraction of sp³-hybridized carbons (Fsp3) is 0.286. The van der Waals surface area contributed by atoms with E-state index in [0.717, 1.165) is 39.6 Å². The fourth-order valence-corrected chi connectivity index (χ4v) is 4.88. The first-order valence-corrected chi connectivity index (χ1v) is 11.6. The summed E-state index contributed by atoms with van der Waals surface area (Å²) in [4.78, 5) is 24.9. The van der Waals surface area contributed by atoms with Crippen LogP contribution in [-0.4, -0.2) is 25.7 Å². The summed E-state index contributed by atoms with van der Waals surface area (Å²) in [7, 11) is 0. The first-order chi connectivity index (χ1) is 16.3. The average molecular weight is 452 g/mol. The molecule has 0 saturated heterocycles. The molecule has 0 aliphatic carbocycles. The molecule has 6 heteroatoms. The zero-order valence-electron chi connectivity index (χ0n) is 20.3. The minimum absolute atomic E-state index is 0.0588. The van der Waals surface area contributed by atoms with Crippen molar-refractivity contribution in [2.75, 3.05) is 4.90 Å². The van der Waals surface area contributed by atoms with Crippen LogP contribution in [0.25, 0.3) is 5.95 Å². The molecule has 172 valence electrons. The Kier molecular flexibility index (Phi) is 5.52. The Labute approximate surface area is 200 Å². The lowest BCUT2D eigenvalue weighted by Gasteiger charge is -2.33. The zero-order valence-corrected chi connectivity index (χ0v) is 20.3. The van der Waals surface area contributed by atoms with E-state index in [-0.39, 0.29) is 11.8 Å². The van der Waals surface area contributed by atoms with E-state index in [1.54, 1.807) is 4.68 Å². The van der Waals surface area contributed by atoms with Crippen LogP contribution in [0.1, 0.15) is 57.2 Å². The predicted molar refractivity (Wildman–Crippen MR) is 133 cm³/mol. The SMILES string of the molecule is Cc1ccc([C@@H]2CC(=O)N(Cc3cccc(C)c3)c3c2c(C)nn3-c2nc(C)cc(C)n2)cc1. The molecule has 0 saturated carbocycles. The van der Waals surface area contributed by atoms with Crippen molar-refractivity contribution in [1.82, 2.24) is 19.7 Å². The van der Waals surface area contributed by atoms with E-state index in [0.29, 0.717) is 18.9 Å². The summed E-state index contributed by atoms with van der Waals surface area (Å²) in [5.74, 6) is 1.28. The number of rotatable bonds is 4. The van der Waals surface area contributed by atoms with E-state index in [4.69, 9.17) is 5.10 Å². The number of anilines is 1. The lowest BCUT2D eigenvalue weighted by molar-refractivity contribution is -0.119. The minimum Gasteiger partial charge on any atom is -0.292 e. The van der Waals surface area contributed by atoms with Gasteiger partial charge in [0.2, 0.25) is 5.91 Å². The molecule has 0 fully saturated rings. The summed E-state index contributed by atoms with van der Waals surface area (Å²) >= 11 is 0. The highest BCUT2D eigenvalue weighted by molar-refractivity contribution is 5.97. The molecule has 6 nitrogen and oxygen atoms in total. The highest BCUT2D eigenvalue weighted by Gasteiger charge is 2.38. The monoisotopic (exact) mass is 451 g/mol. The molecule has 1 atom stereocenters. The second-order valence-electron chi connectivity index (χ2n) is 9.32. The highest BCUT2D eigenvalue weighted by Crippen LogP contribution is 2.43. The van der Waals surface area contributed by atoms with Gasteiger partial charge in [0.15, 0.2) is 0 Å². The molecule has 0 N–H and O–H groups in total. The largest absolute Gasteiger partial charge is 0.292 e. The van der Waals surface area contributed by atoms with Crippen LogP contribution in [0, 0.1) is 34.6 Å². The van der Waals surface area contributed by atoms with Crippen LogP contribution in [-0.2, 0) is 11.3 Å². The van der Waals surface area contributed by atoms with Gasteiger partial charge < -0.3 is 0 Å². The quantitative estimate of drug-likeness (QED) is 0.424. The van der Waals surface area contributed by atoms with Gasteiger partial charge in [-0.3, -0.25) is 9.69 Å². The van der Waals surface area contributed by atoms with Gasteiger partial charge in [0.05, 0.1) is 12.2 Å². The van der Waals surface area contributed by atoms with Gasteiger partial charge in [-0.2, -0.15) is 9.78 Å². The topological polar surface area (TPSA) is 63.9 Å². The second-order valence-corrected chi connectivity index (χ2v) is 9.32. The van der Waals surface area contributed by atoms with Crippen molar-refractivity contribution in [3.8, 4) is 5.95 Å². The Bertz CT molecular complexity index is 1370. The van der Waals surface area contributed by atoms with Gasteiger partial charge in [0, 0.05) is 29.3 Å². The van der Waals surface area contributed by atoms with Crippen molar-refractivity contribution in [2.45, 2.75) is 53.5 Å². The van der Waals surface area contributed by atoms with Crippen molar-refractivity contribution in [3.05, 3.63) is 99.5 Å². The third kappa shape index (κ3) is 4.00. The smallest absolute Gasteiger partial charge is 0.252 e. The number of benzene rings is 2. The molecular weight excluding hydrogens is 422 g/mol. The van der Waals surface area contributed by atoms with Crippen LogP contribution in [0.3, 0.4) is 0 Å². The molecule has 2 aromatic carbocycles. The molecule has 2 aromatic heterocycles. The van der Waals surface area contributed by atoms with Crippen molar-refractivity contribution < 1.29 is 4.79 Å². The van der Waals surface area contributed by atoms with Crippen LogP contribution >= 0.6 is 0 Å². The number of hydrogen-bond donors (Lipinski definition) is 0. The molecular formula is C28H29N5O. The summed E-state index contributed by atoms with van der Waals surface area (Å²) < 4.78 is 1.76. The maximum Gasteiger partial charge on any atom is 0.252 e. The molecule has 1 aliphatic rings. The summed E-state index contributed by atoms with van der Waals surface area (Å²) in [6.45, 7) is 10.5. The number of aryl methyl sites for hydroxylation is 5. The number of carbonyl (C=O) groups is 1. The van der Waals surface area contributed by atoms with Crippen LogP contribution in [0.4, 0.5) is 5.82 Å². The molecule has 1 aliphatic heterocycles. The third-order valence-corrected chi connectivity index (χ3v) is 6.43. The number of fused-ring (bicyclic) bond motifs is 1. The van der Waals surface area contributed by atoms with Crippen LogP contribution < -0.4 is 4.90 Å². The number of nitrogens with zero attached hydrogens (tertiary/aromatic N) is 5. The molecule has 4 aromatic rings. The minimum atomic E-state index is -0.0588. The first kappa shape index (κ1) is 22.0. The number of aromatic nitrogens is 4. The van der Waals surface area contributed by atoms with Gasteiger partial charge >= 0.3 is 0 Å². The standard InChI is InChI=1S/C28H29N5O/c1-17-9-11-23(12-10-17)24-15-25(34)32(16-22-8-6-7-18(2)13-22)27-26(24)21(5)31-33(27)28-29-19(3)14-20(4)30-28/h6-14,24H,15-16H2,1-5H3/t24-/m0/s1. The Hall–Kier alpha value is -3.80. The number of amides is 1. The van der Waals surface area contributed by atoms with E-state index < -0.39 is 0 Å². The summed E-state index contributed by atoms with van der Waals surface area (Å²) in [6.07, 6.45) is 0.405. The molecule has 0 radical (unpaired) electrons. The zero-order chi connectivity index (χ0) is 24.0. The Morgan fingerprint density at radius 2 is 1.59 bits per heavy atom. The Morgan fingerprint density at radius 1 is 0.882 bits per heavy atom. The average Bonchev–Trinajstić information content (AvgIpc) is 3.13. The van der Waals surface area contributed by atoms with E-state index in [1.165, 1.54) is 11.1 Å². The molecule has 34 heavy (non-hydrogen) atoms. The normalized spacial score (nSPS) is 15.5. The lowest BCUT2D eigenvalue weighted by Crippen LogP contribution is -2.38. The van der Waals surface area contributed by atoms with Gasteiger partial charge in [-0.05, 0) is 51.8 Å². The Morgan fingerprint density at radius 3 is 2.26 bits per heavy atom.